The van der Waals surface area contributed by atoms with Gasteiger partial charge in [-0.15, -0.1) is 0 Å². The standard InChI is InChI=1S/C16H17NO/c1-2-3-4-8-13-16(18)17-14-9-12-15-10-6-5-7-11-15/h5-11,13-14H,2,12H2,1H3,(H,17,18)/b13-8-,14-9-. The van der Waals surface area contributed by atoms with E-state index in [0.29, 0.717) is 0 Å². The van der Waals surface area contributed by atoms with Gasteiger partial charge in [-0.3, -0.25) is 4.79 Å². The first-order valence-electron chi connectivity index (χ1n) is 5.97. The van der Waals surface area contributed by atoms with Crippen molar-refractivity contribution in [1.82, 2.24) is 5.32 Å². The summed E-state index contributed by atoms with van der Waals surface area (Å²) >= 11 is 0. The second-order valence-electron chi connectivity index (χ2n) is 3.61. The summed E-state index contributed by atoms with van der Waals surface area (Å²) in [6.07, 6.45) is 8.16. The molecule has 0 aliphatic heterocycles. The Labute approximate surface area is 108 Å². The molecule has 2 nitrogen and oxygen atoms in total. The number of carbonyl (C=O) groups excluding carboxylic acids is 1. The van der Waals surface area contributed by atoms with Crippen LogP contribution in [-0.2, 0) is 11.2 Å². The average molecular weight is 239 g/mol. The van der Waals surface area contributed by atoms with Crippen LogP contribution in [0, 0.1) is 11.8 Å². The van der Waals surface area contributed by atoms with Crippen molar-refractivity contribution in [2.75, 3.05) is 0 Å². The third-order valence-electron chi connectivity index (χ3n) is 2.14. The largest absolute Gasteiger partial charge is 0.329 e. The molecule has 2 heteroatoms. The highest BCUT2D eigenvalue weighted by Gasteiger charge is 1.89. The van der Waals surface area contributed by atoms with E-state index in [1.807, 2.05) is 43.3 Å². The highest BCUT2D eigenvalue weighted by atomic mass is 16.1. The number of hydrogen-bond acceptors (Lipinski definition) is 1. The molecule has 1 amide bonds. The summed E-state index contributed by atoms with van der Waals surface area (Å²) in [6, 6.07) is 10.1. The van der Waals surface area contributed by atoms with Gasteiger partial charge in [0.15, 0.2) is 0 Å². The van der Waals surface area contributed by atoms with Crippen LogP contribution < -0.4 is 5.32 Å². The maximum Gasteiger partial charge on any atom is 0.248 e. The zero-order chi connectivity index (χ0) is 13.1. The monoisotopic (exact) mass is 239 g/mol. The van der Waals surface area contributed by atoms with Crippen molar-refractivity contribution in [3.63, 3.8) is 0 Å². The third-order valence-corrected chi connectivity index (χ3v) is 2.14. The number of rotatable bonds is 4. The molecule has 0 aromatic heterocycles. The lowest BCUT2D eigenvalue weighted by Crippen LogP contribution is -2.13. The lowest BCUT2D eigenvalue weighted by Gasteiger charge is -1.95. The van der Waals surface area contributed by atoms with E-state index in [9.17, 15) is 4.79 Å². The molecular formula is C16H17NO. The van der Waals surface area contributed by atoms with E-state index >= 15 is 0 Å². The number of allylic oxidation sites excluding steroid dienone is 2. The van der Waals surface area contributed by atoms with E-state index in [1.54, 1.807) is 12.3 Å². The van der Waals surface area contributed by atoms with Gasteiger partial charge >= 0.3 is 0 Å². The Hall–Kier alpha value is -2.27. The number of amides is 1. The van der Waals surface area contributed by atoms with Gasteiger partial charge in [-0.1, -0.05) is 55.2 Å². The molecule has 18 heavy (non-hydrogen) atoms. The van der Waals surface area contributed by atoms with Gasteiger partial charge < -0.3 is 5.32 Å². The van der Waals surface area contributed by atoms with Gasteiger partial charge in [0.05, 0.1) is 0 Å². The topological polar surface area (TPSA) is 29.1 Å². The predicted molar refractivity (Wildman–Crippen MR) is 74.6 cm³/mol. The fourth-order valence-corrected chi connectivity index (χ4v) is 1.28. The first kappa shape index (κ1) is 13.8. The van der Waals surface area contributed by atoms with Crippen molar-refractivity contribution in [3.05, 3.63) is 60.3 Å². The molecule has 0 radical (unpaired) electrons. The Balaban J connectivity index is 2.28. The molecule has 0 unspecified atom stereocenters. The molecule has 0 atom stereocenters. The van der Waals surface area contributed by atoms with Crippen LogP contribution in [0.5, 0.6) is 0 Å². The summed E-state index contributed by atoms with van der Waals surface area (Å²) in [5.41, 5.74) is 1.22. The summed E-state index contributed by atoms with van der Waals surface area (Å²) in [5, 5.41) is 2.66. The minimum absolute atomic E-state index is 0.162. The van der Waals surface area contributed by atoms with Crippen molar-refractivity contribution in [3.8, 4) is 11.8 Å². The molecule has 0 saturated carbocycles. The van der Waals surface area contributed by atoms with Gasteiger partial charge in [-0.2, -0.15) is 0 Å². The maximum atomic E-state index is 11.3. The zero-order valence-corrected chi connectivity index (χ0v) is 10.5. The van der Waals surface area contributed by atoms with Crippen LogP contribution in [0.15, 0.2) is 54.8 Å². The van der Waals surface area contributed by atoms with Gasteiger partial charge in [0.1, 0.15) is 0 Å². The fraction of sp³-hybridized carbons (Fsp3) is 0.188. The minimum atomic E-state index is -0.162. The molecule has 0 saturated heterocycles. The number of carbonyl (C=O) groups is 1. The first-order chi connectivity index (χ1) is 8.83. The lowest BCUT2D eigenvalue weighted by atomic mass is 10.1. The molecule has 1 rings (SSSR count). The van der Waals surface area contributed by atoms with Gasteiger partial charge in [-0.25, -0.2) is 0 Å². The van der Waals surface area contributed by atoms with Gasteiger partial charge in [-0.05, 0) is 18.1 Å². The molecule has 0 heterocycles. The molecule has 1 N–H and O–H groups in total. The fourth-order valence-electron chi connectivity index (χ4n) is 1.28. The lowest BCUT2D eigenvalue weighted by molar-refractivity contribution is -0.115. The summed E-state index contributed by atoms with van der Waals surface area (Å²) < 4.78 is 0. The van der Waals surface area contributed by atoms with Crippen LogP contribution >= 0.6 is 0 Å². The molecule has 1 aromatic carbocycles. The van der Waals surface area contributed by atoms with Crippen molar-refractivity contribution in [2.24, 2.45) is 0 Å². The number of hydrogen-bond donors (Lipinski definition) is 1. The van der Waals surface area contributed by atoms with Crippen LogP contribution in [0.2, 0.25) is 0 Å². The maximum absolute atomic E-state index is 11.3. The summed E-state index contributed by atoms with van der Waals surface area (Å²) in [7, 11) is 0. The number of benzene rings is 1. The molecule has 0 bridgehead atoms. The van der Waals surface area contributed by atoms with Crippen molar-refractivity contribution < 1.29 is 4.79 Å². The van der Waals surface area contributed by atoms with E-state index in [4.69, 9.17) is 0 Å². The van der Waals surface area contributed by atoms with Crippen LogP contribution in [0.1, 0.15) is 18.9 Å². The normalized spacial score (nSPS) is 10.3. The first-order valence-corrected chi connectivity index (χ1v) is 5.97. The molecule has 0 aliphatic rings. The second-order valence-corrected chi connectivity index (χ2v) is 3.61. The second kappa shape index (κ2) is 8.83. The predicted octanol–water partition coefficient (Wildman–Crippen LogP) is 2.83. The Morgan fingerprint density at radius 1 is 1.33 bits per heavy atom. The zero-order valence-electron chi connectivity index (χ0n) is 10.5. The Kier molecular flexibility index (Phi) is 6.77. The van der Waals surface area contributed by atoms with Crippen LogP contribution in [0.3, 0.4) is 0 Å². The SMILES string of the molecule is CCC#C/C=C\C(=O)N/C=C\Cc1ccccc1. The van der Waals surface area contributed by atoms with Gasteiger partial charge in [0, 0.05) is 18.7 Å². The van der Waals surface area contributed by atoms with Gasteiger partial charge in [0.25, 0.3) is 0 Å². The van der Waals surface area contributed by atoms with Crippen molar-refractivity contribution in [2.45, 2.75) is 19.8 Å². The van der Waals surface area contributed by atoms with E-state index in [1.165, 1.54) is 11.6 Å². The molecule has 0 aliphatic carbocycles. The molecule has 0 spiro atoms. The van der Waals surface area contributed by atoms with Gasteiger partial charge in [0.2, 0.25) is 5.91 Å². The summed E-state index contributed by atoms with van der Waals surface area (Å²) in [4.78, 5) is 11.3. The quantitative estimate of drug-likeness (QED) is 0.635. The molecule has 92 valence electrons. The summed E-state index contributed by atoms with van der Waals surface area (Å²) in [5.74, 6) is 5.46. The number of nitrogens with one attached hydrogen (secondary N) is 1. The Bertz CT molecular complexity index is 475. The highest BCUT2D eigenvalue weighted by molar-refractivity contribution is 5.88. The Morgan fingerprint density at radius 2 is 2.11 bits per heavy atom. The van der Waals surface area contributed by atoms with Crippen molar-refractivity contribution >= 4 is 5.91 Å². The minimum Gasteiger partial charge on any atom is -0.329 e. The van der Waals surface area contributed by atoms with Crippen LogP contribution in [0.4, 0.5) is 0 Å². The van der Waals surface area contributed by atoms with E-state index in [-0.39, 0.29) is 5.91 Å². The molecule has 1 aromatic rings. The smallest absolute Gasteiger partial charge is 0.248 e. The highest BCUT2D eigenvalue weighted by Crippen LogP contribution is 1.99. The third kappa shape index (κ3) is 6.34. The van der Waals surface area contributed by atoms with Crippen molar-refractivity contribution in [1.29, 1.82) is 0 Å². The van der Waals surface area contributed by atoms with Crippen LogP contribution in [0.25, 0.3) is 0 Å². The van der Waals surface area contributed by atoms with E-state index in [2.05, 4.69) is 17.2 Å². The Morgan fingerprint density at radius 3 is 2.83 bits per heavy atom. The van der Waals surface area contributed by atoms with E-state index in [0.717, 1.165) is 12.8 Å². The summed E-state index contributed by atoms with van der Waals surface area (Å²) in [6.45, 7) is 1.97. The average Bonchev–Trinajstić information content (AvgIpc) is 2.41. The molecular weight excluding hydrogens is 222 g/mol. The molecule has 0 fully saturated rings. The van der Waals surface area contributed by atoms with E-state index < -0.39 is 0 Å². The van der Waals surface area contributed by atoms with Crippen LogP contribution in [-0.4, -0.2) is 5.91 Å².